The Bertz CT molecular complexity index is 228. The zero-order valence-electron chi connectivity index (χ0n) is 7.62. The molecule has 0 spiro atoms. The Morgan fingerprint density at radius 3 is 2.67 bits per heavy atom. The molecule has 1 aromatic heterocycles. The molecule has 12 heavy (non-hydrogen) atoms. The van der Waals surface area contributed by atoms with Crippen LogP contribution in [0, 0.1) is 6.92 Å². The maximum Gasteiger partial charge on any atom is 0.0587 e. The van der Waals surface area contributed by atoms with Crippen molar-refractivity contribution in [2.75, 3.05) is 0 Å². The van der Waals surface area contributed by atoms with Crippen molar-refractivity contribution in [1.82, 2.24) is 9.97 Å². The summed E-state index contributed by atoms with van der Waals surface area (Å²) in [6.45, 7) is 3.93. The topological polar surface area (TPSA) is 51.8 Å². The highest BCUT2D eigenvalue weighted by Gasteiger charge is 1.97. The molecule has 1 unspecified atom stereocenters. The van der Waals surface area contributed by atoms with E-state index in [1.165, 1.54) is 0 Å². The van der Waals surface area contributed by atoms with E-state index in [1.807, 2.05) is 20.0 Å². The molecule has 0 radical (unpaired) electrons. The van der Waals surface area contributed by atoms with Crippen LogP contribution in [-0.4, -0.2) is 16.0 Å². The summed E-state index contributed by atoms with van der Waals surface area (Å²) in [5, 5.41) is 0. The standard InChI is InChI=1S/C9H15N3/c1-7(10)3-4-9-6-11-8(2)5-12-9/h5-7H,3-4,10H2,1-2H3. The molecule has 0 saturated heterocycles. The minimum Gasteiger partial charge on any atom is -0.328 e. The third-order valence-corrected chi connectivity index (χ3v) is 1.69. The normalized spacial score (nSPS) is 12.9. The van der Waals surface area contributed by atoms with Gasteiger partial charge in [0.25, 0.3) is 0 Å². The van der Waals surface area contributed by atoms with Crippen LogP contribution in [0.2, 0.25) is 0 Å². The SMILES string of the molecule is Cc1cnc(CCC(C)N)cn1. The largest absolute Gasteiger partial charge is 0.328 e. The van der Waals surface area contributed by atoms with Gasteiger partial charge in [0.05, 0.1) is 11.4 Å². The molecule has 1 atom stereocenters. The van der Waals surface area contributed by atoms with Crippen LogP contribution in [0.4, 0.5) is 0 Å². The Morgan fingerprint density at radius 2 is 2.17 bits per heavy atom. The number of hydrogen-bond donors (Lipinski definition) is 1. The van der Waals surface area contributed by atoms with Gasteiger partial charge in [-0.15, -0.1) is 0 Å². The van der Waals surface area contributed by atoms with Gasteiger partial charge in [-0.1, -0.05) is 0 Å². The number of nitrogens with zero attached hydrogens (tertiary/aromatic N) is 2. The number of nitrogens with two attached hydrogens (primary N) is 1. The van der Waals surface area contributed by atoms with Crippen LogP contribution in [-0.2, 0) is 6.42 Å². The molecule has 3 nitrogen and oxygen atoms in total. The fourth-order valence-electron chi connectivity index (χ4n) is 0.924. The van der Waals surface area contributed by atoms with E-state index >= 15 is 0 Å². The van der Waals surface area contributed by atoms with Gasteiger partial charge in [0.1, 0.15) is 0 Å². The van der Waals surface area contributed by atoms with Gasteiger partial charge in [0.2, 0.25) is 0 Å². The Hall–Kier alpha value is -0.960. The lowest BCUT2D eigenvalue weighted by molar-refractivity contribution is 0.656. The minimum absolute atomic E-state index is 0.244. The van der Waals surface area contributed by atoms with Crippen molar-refractivity contribution in [3.63, 3.8) is 0 Å². The van der Waals surface area contributed by atoms with Crippen LogP contribution >= 0.6 is 0 Å². The van der Waals surface area contributed by atoms with Gasteiger partial charge < -0.3 is 5.73 Å². The summed E-state index contributed by atoms with van der Waals surface area (Å²) in [5.74, 6) is 0. The van der Waals surface area contributed by atoms with Crippen molar-refractivity contribution in [3.8, 4) is 0 Å². The predicted octanol–water partition coefficient (Wildman–Crippen LogP) is 1.06. The fourth-order valence-corrected chi connectivity index (χ4v) is 0.924. The second-order valence-corrected chi connectivity index (χ2v) is 3.17. The summed E-state index contributed by atoms with van der Waals surface area (Å²) >= 11 is 0. The van der Waals surface area contributed by atoms with Crippen LogP contribution in [0.3, 0.4) is 0 Å². The van der Waals surface area contributed by atoms with Crippen molar-refractivity contribution in [1.29, 1.82) is 0 Å². The van der Waals surface area contributed by atoms with E-state index in [0.717, 1.165) is 24.2 Å². The number of rotatable bonds is 3. The molecule has 0 aliphatic carbocycles. The maximum absolute atomic E-state index is 5.62. The van der Waals surface area contributed by atoms with Crippen LogP contribution in [0.5, 0.6) is 0 Å². The smallest absolute Gasteiger partial charge is 0.0587 e. The summed E-state index contributed by atoms with van der Waals surface area (Å²) in [7, 11) is 0. The van der Waals surface area contributed by atoms with E-state index in [1.54, 1.807) is 6.20 Å². The lowest BCUT2D eigenvalue weighted by atomic mass is 10.1. The van der Waals surface area contributed by atoms with Gasteiger partial charge in [0.15, 0.2) is 0 Å². The van der Waals surface area contributed by atoms with Crippen LogP contribution in [0.25, 0.3) is 0 Å². The van der Waals surface area contributed by atoms with Crippen molar-refractivity contribution < 1.29 is 0 Å². The molecule has 1 aromatic rings. The van der Waals surface area contributed by atoms with E-state index in [9.17, 15) is 0 Å². The second-order valence-electron chi connectivity index (χ2n) is 3.17. The number of hydrogen-bond acceptors (Lipinski definition) is 3. The monoisotopic (exact) mass is 165 g/mol. The first-order valence-corrected chi connectivity index (χ1v) is 4.21. The first kappa shape index (κ1) is 9.13. The van der Waals surface area contributed by atoms with Gasteiger partial charge in [-0.3, -0.25) is 9.97 Å². The minimum atomic E-state index is 0.244. The van der Waals surface area contributed by atoms with Crippen LogP contribution in [0.1, 0.15) is 24.7 Å². The Labute approximate surface area is 73.0 Å². The molecule has 0 amide bonds. The molecular weight excluding hydrogens is 150 g/mol. The lowest BCUT2D eigenvalue weighted by Gasteiger charge is -2.03. The molecule has 0 aliphatic heterocycles. The molecule has 0 bridgehead atoms. The Balaban J connectivity index is 2.48. The molecule has 0 saturated carbocycles. The van der Waals surface area contributed by atoms with E-state index in [2.05, 4.69) is 9.97 Å². The molecule has 66 valence electrons. The molecule has 1 heterocycles. The molecular formula is C9H15N3. The van der Waals surface area contributed by atoms with E-state index in [0.29, 0.717) is 0 Å². The van der Waals surface area contributed by atoms with Gasteiger partial charge in [0, 0.05) is 18.4 Å². The third kappa shape index (κ3) is 2.96. The Morgan fingerprint density at radius 1 is 1.42 bits per heavy atom. The van der Waals surface area contributed by atoms with Gasteiger partial charge in [-0.25, -0.2) is 0 Å². The molecule has 1 rings (SSSR count). The first-order valence-electron chi connectivity index (χ1n) is 4.21. The van der Waals surface area contributed by atoms with Gasteiger partial charge >= 0.3 is 0 Å². The average Bonchev–Trinajstić information content (AvgIpc) is 2.03. The van der Waals surface area contributed by atoms with Crippen molar-refractivity contribution in [2.45, 2.75) is 32.7 Å². The molecule has 2 N–H and O–H groups in total. The molecule has 3 heteroatoms. The van der Waals surface area contributed by atoms with Crippen LogP contribution in [0.15, 0.2) is 12.4 Å². The fraction of sp³-hybridized carbons (Fsp3) is 0.556. The molecule has 0 aromatic carbocycles. The van der Waals surface area contributed by atoms with Gasteiger partial charge in [-0.05, 0) is 26.7 Å². The highest BCUT2D eigenvalue weighted by molar-refractivity contribution is 5.00. The summed E-state index contributed by atoms with van der Waals surface area (Å²) in [5.41, 5.74) is 7.61. The second kappa shape index (κ2) is 4.16. The first-order chi connectivity index (χ1) is 5.68. The third-order valence-electron chi connectivity index (χ3n) is 1.69. The summed E-state index contributed by atoms with van der Waals surface area (Å²) in [6.07, 6.45) is 5.50. The van der Waals surface area contributed by atoms with E-state index < -0.39 is 0 Å². The lowest BCUT2D eigenvalue weighted by Crippen LogP contribution is -2.15. The van der Waals surface area contributed by atoms with Gasteiger partial charge in [-0.2, -0.15) is 0 Å². The zero-order valence-corrected chi connectivity index (χ0v) is 7.62. The van der Waals surface area contributed by atoms with Crippen molar-refractivity contribution >= 4 is 0 Å². The quantitative estimate of drug-likeness (QED) is 0.728. The predicted molar refractivity (Wildman–Crippen MR) is 48.7 cm³/mol. The summed E-state index contributed by atoms with van der Waals surface area (Å²) < 4.78 is 0. The zero-order chi connectivity index (χ0) is 8.97. The van der Waals surface area contributed by atoms with E-state index in [-0.39, 0.29) is 6.04 Å². The summed E-state index contributed by atoms with van der Waals surface area (Å²) in [4.78, 5) is 8.39. The van der Waals surface area contributed by atoms with Crippen LogP contribution < -0.4 is 5.73 Å². The number of aromatic nitrogens is 2. The van der Waals surface area contributed by atoms with Crippen molar-refractivity contribution in [3.05, 3.63) is 23.8 Å². The molecule has 0 aliphatic rings. The highest BCUT2D eigenvalue weighted by atomic mass is 14.8. The average molecular weight is 165 g/mol. The van der Waals surface area contributed by atoms with Crippen molar-refractivity contribution in [2.24, 2.45) is 5.73 Å². The van der Waals surface area contributed by atoms with E-state index in [4.69, 9.17) is 5.73 Å². The maximum atomic E-state index is 5.62. The molecule has 0 fully saturated rings. The highest BCUT2D eigenvalue weighted by Crippen LogP contribution is 1.99. The Kier molecular flexibility index (Phi) is 3.17. The number of aryl methyl sites for hydroxylation is 2. The summed E-state index contributed by atoms with van der Waals surface area (Å²) in [6, 6.07) is 0.244.